The molecule has 0 N–H and O–H groups in total. The molecule has 0 saturated carbocycles. The van der Waals surface area contributed by atoms with Crippen molar-refractivity contribution in [2.75, 3.05) is 0 Å². The van der Waals surface area contributed by atoms with Crippen LogP contribution in [0.25, 0.3) is 0 Å². The van der Waals surface area contributed by atoms with Crippen LogP contribution in [0.5, 0.6) is 0 Å². The van der Waals surface area contributed by atoms with Crippen LogP contribution in [0.15, 0.2) is 0 Å². The fraction of sp³-hybridized carbons (Fsp3) is 0. The Bertz CT molecular complexity index is 8.00. The Kier molecular flexibility index (Phi) is 288. The van der Waals surface area contributed by atoms with Gasteiger partial charge in [0.05, 0.1) is 0 Å². The van der Waals surface area contributed by atoms with E-state index in [0.717, 1.165) is 0 Å². The third kappa shape index (κ3) is 9.63. The minimum absolute atomic E-state index is 0. The molecule has 0 fully saturated rings. The molecule has 0 spiro atoms. The van der Waals surface area contributed by atoms with Crippen LogP contribution in [0.4, 0.5) is 0 Å². The van der Waals surface area contributed by atoms with Gasteiger partial charge in [-0.1, -0.05) is 0 Å². The van der Waals surface area contributed by atoms with Crippen molar-refractivity contribution in [1.82, 2.24) is 0 Å². The Morgan fingerprint density at radius 3 is 1.00 bits per heavy atom. The van der Waals surface area contributed by atoms with Crippen molar-refractivity contribution < 1.29 is 39.4 Å². The molecular weight excluding hydrogens is 195 g/mol. The maximum atomic E-state index is 0. The summed E-state index contributed by atoms with van der Waals surface area (Å²) in [6.07, 6.45) is 0. The van der Waals surface area contributed by atoms with Crippen molar-refractivity contribution in [2.24, 2.45) is 0 Å². The summed E-state index contributed by atoms with van der Waals surface area (Å²) >= 11 is 0. The van der Waals surface area contributed by atoms with Crippen LogP contribution in [0.3, 0.4) is 0 Å². The van der Waals surface area contributed by atoms with Gasteiger partial charge in [-0.05, 0) is 0 Å². The first-order chi connectivity index (χ1) is 0. The van der Waals surface area contributed by atoms with Gasteiger partial charge in [-0.15, -0.1) is 0 Å². The van der Waals surface area contributed by atoms with Crippen LogP contribution in [-0.4, -0.2) is 19.4 Å². The zero-order chi connectivity index (χ0) is 0. The van der Waals surface area contributed by atoms with Gasteiger partial charge in [-0.2, -0.15) is 0 Å². The molecule has 0 atom stereocenters. The van der Waals surface area contributed by atoms with E-state index in [-0.39, 0.29) is 58.8 Å². The SMILES string of the molecule is [B].[Cu].[Nb].[Si]. The maximum absolute atomic E-state index is 0. The predicted molar refractivity (Wildman–Crippen MR) is 11.5 cm³/mol. The van der Waals surface area contributed by atoms with Crippen LogP contribution >= 0.6 is 0 Å². The van der Waals surface area contributed by atoms with Crippen molar-refractivity contribution >= 4 is 19.4 Å². The monoisotopic (exact) mass is 195 g/mol. The molecule has 0 saturated heterocycles. The number of rotatable bonds is 0. The summed E-state index contributed by atoms with van der Waals surface area (Å²) in [7, 11) is 0. The molecule has 4 heteroatoms. The molecule has 4 heavy (non-hydrogen) atoms. The van der Waals surface area contributed by atoms with E-state index in [9.17, 15) is 0 Å². The number of hydrogen-bond donors (Lipinski definition) is 0. The Balaban J connectivity index is 0. The van der Waals surface area contributed by atoms with Gasteiger partial charge in [0.1, 0.15) is 0 Å². The standard InChI is InChI=1S/B.Cu.Nb.Si. The van der Waals surface area contributed by atoms with Gasteiger partial charge >= 0.3 is 0 Å². The van der Waals surface area contributed by atoms with E-state index < -0.39 is 0 Å². The van der Waals surface area contributed by atoms with Crippen LogP contribution < -0.4 is 0 Å². The van der Waals surface area contributed by atoms with E-state index in [1.807, 2.05) is 0 Å². The second-order valence-electron chi connectivity index (χ2n) is 0. The van der Waals surface area contributed by atoms with Gasteiger partial charge in [0.25, 0.3) is 0 Å². The molecule has 23 valence electrons. The summed E-state index contributed by atoms with van der Waals surface area (Å²) in [4.78, 5) is 0. The van der Waals surface area contributed by atoms with E-state index >= 15 is 0 Å². The van der Waals surface area contributed by atoms with Crippen LogP contribution in [-0.2, 0) is 39.4 Å². The topological polar surface area (TPSA) is 0 Å². The molecule has 0 rings (SSSR count). The molecule has 0 amide bonds. The maximum Gasteiger partial charge on any atom is 0 e. The fourth-order valence-corrected chi connectivity index (χ4v) is 0. The first-order valence-corrected chi connectivity index (χ1v) is 0. The fourth-order valence-electron chi connectivity index (χ4n) is 0. The minimum Gasteiger partial charge on any atom is 0 e. The molecule has 0 aromatic carbocycles. The van der Waals surface area contributed by atoms with E-state index in [2.05, 4.69) is 0 Å². The normalized spacial score (nSPS) is 0. The zero-order valence-electron chi connectivity index (χ0n) is 1.83. The Hall–Kier alpha value is 1.54. The molecule has 0 aliphatic carbocycles. The Labute approximate surface area is 58.7 Å². The van der Waals surface area contributed by atoms with Crippen LogP contribution in [0.1, 0.15) is 0 Å². The Morgan fingerprint density at radius 2 is 1.00 bits per heavy atom. The van der Waals surface area contributed by atoms with E-state index in [0.29, 0.717) is 0 Å². The predicted octanol–water partition coefficient (Wildman–Crippen LogP) is -0.767. The number of hydrogen-bond acceptors (Lipinski definition) is 0. The first-order valence-electron chi connectivity index (χ1n) is 0. The summed E-state index contributed by atoms with van der Waals surface area (Å²) in [5.41, 5.74) is 0. The third-order valence-corrected chi connectivity index (χ3v) is 0. The van der Waals surface area contributed by atoms with Gasteiger partial charge < -0.3 is 0 Å². The van der Waals surface area contributed by atoms with Crippen molar-refractivity contribution in [1.29, 1.82) is 0 Å². The molecule has 0 aliphatic rings. The smallest absolute Gasteiger partial charge is 0 e. The van der Waals surface area contributed by atoms with Crippen molar-refractivity contribution in [3.8, 4) is 0 Å². The summed E-state index contributed by atoms with van der Waals surface area (Å²) in [5.74, 6) is 0. The first kappa shape index (κ1) is 48.1. The second-order valence-corrected chi connectivity index (χ2v) is 0. The molecule has 0 aromatic heterocycles. The van der Waals surface area contributed by atoms with Crippen molar-refractivity contribution in [3.63, 3.8) is 0 Å². The Morgan fingerprint density at radius 1 is 1.00 bits per heavy atom. The molecule has 0 unspecified atom stereocenters. The largest absolute Gasteiger partial charge is 0 e. The molecular formula is BCuNbSi. The zero-order valence-corrected chi connectivity index (χ0v) is 5.97. The average Bonchev–Trinajstić information content (AvgIpc) is 0. The van der Waals surface area contributed by atoms with Gasteiger partial charge in [0, 0.05) is 58.8 Å². The summed E-state index contributed by atoms with van der Waals surface area (Å²) in [5, 5.41) is 0. The molecule has 0 bridgehead atoms. The van der Waals surface area contributed by atoms with E-state index in [4.69, 9.17) is 0 Å². The summed E-state index contributed by atoms with van der Waals surface area (Å²) in [6, 6.07) is 0. The van der Waals surface area contributed by atoms with Gasteiger partial charge in [-0.3, -0.25) is 0 Å². The molecule has 9 radical (unpaired) electrons. The average molecular weight is 195 g/mol. The van der Waals surface area contributed by atoms with Crippen molar-refractivity contribution in [3.05, 3.63) is 0 Å². The summed E-state index contributed by atoms with van der Waals surface area (Å²) < 4.78 is 0. The van der Waals surface area contributed by atoms with E-state index in [1.165, 1.54) is 0 Å². The van der Waals surface area contributed by atoms with Gasteiger partial charge in [-0.25, -0.2) is 0 Å². The van der Waals surface area contributed by atoms with E-state index in [1.54, 1.807) is 0 Å². The molecule has 0 aliphatic heterocycles. The summed E-state index contributed by atoms with van der Waals surface area (Å²) in [6.45, 7) is 0. The van der Waals surface area contributed by atoms with Gasteiger partial charge in [0.15, 0.2) is 0 Å². The minimum atomic E-state index is 0. The van der Waals surface area contributed by atoms with Crippen molar-refractivity contribution in [2.45, 2.75) is 0 Å². The molecule has 0 heterocycles. The van der Waals surface area contributed by atoms with Crippen LogP contribution in [0.2, 0.25) is 0 Å². The quantitative estimate of drug-likeness (QED) is 0.446. The van der Waals surface area contributed by atoms with Crippen LogP contribution in [0, 0.1) is 0 Å². The van der Waals surface area contributed by atoms with Gasteiger partial charge in [0.2, 0.25) is 0 Å². The molecule has 0 aromatic rings. The molecule has 0 nitrogen and oxygen atoms in total. The second kappa shape index (κ2) is 24.0. The third-order valence-electron chi connectivity index (χ3n) is 0.